The number of aromatic nitrogens is 1. The van der Waals surface area contributed by atoms with Crippen LogP contribution in [-0.4, -0.2) is 48.8 Å². The van der Waals surface area contributed by atoms with Crippen molar-refractivity contribution in [3.63, 3.8) is 0 Å². The Morgan fingerprint density at radius 3 is 2.71 bits per heavy atom. The Morgan fingerprint density at radius 1 is 1.25 bits per heavy atom. The zero-order valence-electron chi connectivity index (χ0n) is 14.2. The van der Waals surface area contributed by atoms with E-state index in [1.165, 1.54) is 6.26 Å². The average Bonchev–Trinajstić information content (AvgIpc) is 2.96. The molecule has 1 aliphatic carbocycles. The quantitative estimate of drug-likeness (QED) is 0.923. The number of nitrogens with one attached hydrogen (secondary N) is 1. The van der Waals surface area contributed by atoms with Crippen molar-refractivity contribution in [2.75, 3.05) is 13.3 Å². The summed E-state index contributed by atoms with van der Waals surface area (Å²) in [6, 6.07) is 7.66. The lowest BCUT2D eigenvalue weighted by Crippen LogP contribution is -2.49. The molecule has 0 saturated heterocycles. The molecule has 5 nitrogen and oxygen atoms in total. The second-order valence-corrected chi connectivity index (χ2v) is 9.03. The first-order valence-electron chi connectivity index (χ1n) is 8.37. The van der Waals surface area contributed by atoms with Crippen LogP contribution in [0, 0.1) is 0 Å². The number of hydrogen-bond donors (Lipinski definition) is 1. The van der Waals surface area contributed by atoms with Gasteiger partial charge in [0.15, 0.2) is 9.84 Å². The third-order valence-corrected chi connectivity index (χ3v) is 6.77. The number of hydrogen-bond acceptors (Lipinski definition) is 3. The van der Waals surface area contributed by atoms with Crippen LogP contribution in [0.25, 0.3) is 10.9 Å². The summed E-state index contributed by atoms with van der Waals surface area (Å²) in [6.07, 6.45) is 6.73. The Hall–Kier alpha value is -1.82. The van der Waals surface area contributed by atoms with Crippen molar-refractivity contribution in [3.05, 3.63) is 36.0 Å². The summed E-state index contributed by atoms with van der Waals surface area (Å²) in [4.78, 5) is 17.6. The molecule has 1 saturated carbocycles. The van der Waals surface area contributed by atoms with Crippen molar-refractivity contribution < 1.29 is 13.2 Å². The van der Waals surface area contributed by atoms with Crippen molar-refractivity contribution in [2.24, 2.45) is 0 Å². The number of benzene rings is 1. The maximum atomic E-state index is 12.7. The number of nitrogens with zero attached hydrogens (tertiary/aromatic N) is 1. The van der Waals surface area contributed by atoms with E-state index in [4.69, 9.17) is 0 Å². The van der Waals surface area contributed by atoms with Crippen LogP contribution in [0.4, 0.5) is 0 Å². The first-order chi connectivity index (χ1) is 11.4. The summed E-state index contributed by atoms with van der Waals surface area (Å²) < 4.78 is 24.1. The number of H-pyrrole nitrogens is 1. The fourth-order valence-corrected chi connectivity index (χ4v) is 5.25. The molecule has 0 unspecified atom stereocenters. The fraction of sp³-hybridized carbons (Fsp3) is 0.500. The van der Waals surface area contributed by atoms with Crippen LogP contribution in [-0.2, 0) is 21.1 Å². The highest BCUT2D eigenvalue weighted by Crippen LogP contribution is 2.28. The van der Waals surface area contributed by atoms with Gasteiger partial charge >= 0.3 is 0 Å². The summed E-state index contributed by atoms with van der Waals surface area (Å²) in [6.45, 7) is 0. The lowest BCUT2D eigenvalue weighted by atomic mass is 9.93. The highest BCUT2D eigenvalue weighted by Gasteiger charge is 2.36. The van der Waals surface area contributed by atoms with Gasteiger partial charge in [-0.1, -0.05) is 31.0 Å². The Bertz CT molecular complexity index is 841. The van der Waals surface area contributed by atoms with Gasteiger partial charge in [0.1, 0.15) is 0 Å². The van der Waals surface area contributed by atoms with E-state index in [2.05, 4.69) is 4.98 Å². The molecule has 0 radical (unpaired) electrons. The van der Waals surface area contributed by atoms with E-state index >= 15 is 0 Å². The Balaban J connectivity index is 1.78. The molecule has 1 fully saturated rings. The molecule has 1 aliphatic rings. The van der Waals surface area contributed by atoms with Crippen LogP contribution in [0.3, 0.4) is 0 Å². The van der Waals surface area contributed by atoms with Crippen LogP contribution < -0.4 is 0 Å². The second kappa shape index (κ2) is 6.59. The Labute approximate surface area is 143 Å². The summed E-state index contributed by atoms with van der Waals surface area (Å²) in [5.41, 5.74) is 1.96. The number of likely N-dealkylation sites (N-methyl/N-ethyl adjacent to an activating group) is 1. The first-order valence-corrected chi connectivity index (χ1v) is 10.3. The van der Waals surface area contributed by atoms with Gasteiger partial charge in [-0.2, -0.15) is 0 Å². The molecule has 1 aromatic heterocycles. The highest BCUT2D eigenvalue weighted by molar-refractivity contribution is 7.91. The van der Waals surface area contributed by atoms with Gasteiger partial charge < -0.3 is 9.88 Å². The lowest BCUT2D eigenvalue weighted by Gasteiger charge is -2.37. The number of rotatable bonds is 4. The van der Waals surface area contributed by atoms with Gasteiger partial charge in [0, 0.05) is 36.4 Å². The van der Waals surface area contributed by atoms with Crippen LogP contribution in [0.15, 0.2) is 30.5 Å². The average molecular weight is 348 g/mol. The van der Waals surface area contributed by atoms with Gasteiger partial charge in [0.05, 0.1) is 11.7 Å². The molecule has 24 heavy (non-hydrogen) atoms. The SMILES string of the molecule is CN(C(=O)Cc1c[nH]c2ccccc12)[C@@H]1CCCC[C@@H]1S(C)(=O)=O. The van der Waals surface area contributed by atoms with E-state index in [0.29, 0.717) is 6.42 Å². The molecule has 1 heterocycles. The molecular formula is C18H24N2O3S. The summed E-state index contributed by atoms with van der Waals surface area (Å²) in [5.74, 6) is -0.0275. The standard InChI is InChI=1S/C18H24N2O3S/c1-20(16-9-5-6-10-17(16)24(2,22)23)18(21)11-13-12-19-15-8-4-3-7-14(13)15/h3-4,7-8,12,16-17,19H,5-6,9-11H2,1-2H3/t16-,17+/m1/s1. The van der Waals surface area contributed by atoms with Gasteiger partial charge in [-0.15, -0.1) is 0 Å². The fourth-order valence-electron chi connectivity index (χ4n) is 3.77. The number of amides is 1. The molecule has 1 amide bonds. The van der Waals surface area contributed by atoms with Gasteiger partial charge in [-0.25, -0.2) is 8.42 Å². The van der Waals surface area contributed by atoms with Crippen molar-refractivity contribution in [2.45, 2.75) is 43.4 Å². The van der Waals surface area contributed by atoms with Gasteiger partial charge in [0.2, 0.25) is 5.91 Å². The third-order valence-electron chi connectivity index (χ3n) is 5.13. The largest absolute Gasteiger partial charge is 0.361 e. The summed E-state index contributed by atoms with van der Waals surface area (Å²) >= 11 is 0. The third kappa shape index (κ3) is 3.34. The molecule has 2 aromatic rings. The number of carbonyl (C=O) groups excluding carboxylic acids is 1. The first kappa shape index (κ1) is 17.0. The van der Waals surface area contributed by atoms with E-state index in [1.54, 1.807) is 11.9 Å². The highest BCUT2D eigenvalue weighted by atomic mass is 32.2. The van der Waals surface area contributed by atoms with E-state index in [0.717, 1.165) is 35.7 Å². The summed E-state index contributed by atoms with van der Waals surface area (Å²) in [5, 5.41) is 0.603. The minimum Gasteiger partial charge on any atom is -0.361 e. The Morgan fingerprint density at radius 2 is 1.96 bits per heavy atom. The van der Waals surface area contributed by atoms with E-state index in [1.807, 2.05) is 30.5 Å². The minimum atomic E-state index is -3.15. The number of aromatic amines is 1. The minimum absolute atomic E-state index is 0.0275. The van der Waals surface area contributed by atoms with Crippen LogP contribution in [0.2, 0.25) is 0 Å². The van der Waals surface area contributed by atoms with Crippen molar-refractivity contribution in [1.82, 2.24) is 9.88 Å². The topological polar surface area (TPSA) is 70.2 Å². The number of para-hydroxylation sites is 1. The molecule has 0 aliphatic heterocycles. The lowest BCUT2D eigenvalue weighted by molar-refractivity contribution is -0.131. The monoisotopic (exact) mass is 348 g/mol. The van der Waals surface area contributed by atoms with E-state index in [-0.39, 0.29) is 18.4 Å². The van der Waals surface area contributed by atoms with Crippen LogP contribution in [0.1, 0.15) is 31.2 Å². The predicted octanol–water partition coefficient (Wildman–Crippen LogP) is 2.52. The van der Waals surface area contributed by atoms with Gasteiger partial charge in [-0.3, -0.25) is 4.79 Å². The zero-order chi connectivity index (χ0) is 17.3. The molecule has 3 rings (SSSR count). The number of sulfone groups is 1. The van der Waals surface area contributed by atoms with E-state index < -0.39 is 15.1 Å². The Kier molecular flexibility index (Phi) is 4.67. The number of carbonyl (C=O) groups is 1. The van der Waals surface area contributed by atoms with Crippen molar-refractivity contribution >= 4 is 26.6 Å². The molecule has 0 bridgehead atoms. The molecule has 130 valence electrons. The maximum absolute atomic E-state index is 12.7. The molecule has 1 N–H and O–H groups in total. The molecule has 2 atom stereocenters. The van der Waals surface area contributed by atoms with E-state index in [9.17, 15) is 13.2 Å². The van der Waals surface area contributed by atoms with Crippen LogP contribution in [0.5, 0.6) is 0 Å². The van der Waals surface area contributed by atoms with Crippen molar-refractivity contribution in [1.29, 1.82) is 0 Å². The molecule has 6 heteroatoms. The number of fused-ring (bicyclic) bond motifs is 1. The van der Waals surface area contributed by atoms with Crippen LogP contribution >= 0.6 is 0 Å². The summed E-state index contributed by atoms with van der Waals surface area (Å²) in [7, 11) is -1.41. The molecular weight excluding hydrogens is 324 g/mol. The normalized spacial score (nSPS) is 21.8. The van der Waals surface area contributed by atoms with Crippen molar-refractivity contribution in [3.8, 4) is 0 Å². The van der Waals surface area contributed by atoms with Gasteiger partial charge in [0.25, 0.3) is 0 Å². The predicted molar refractivity (Wildman–Crippen MR) is 95.7 cm³/mol. The zero-order valence-corrected chi connectivity index (χ0v) is 15.0. The maximum Gasteiger partial charge on any atom is 0.227 e. The smallest absolute Gasteiger partial charge is 0.227 e. The molecule has 0 spiro atoms. The molecule has 1 aromatic carbocycles. The van der Waals surface area contributed by atoms with Gasteiger partial charge in [-0.05, 0) is 24.5 Å². The second-order valence-electron chi connectivity index (χ2n) is 6.76.